The van der Waals surface area contributed by atoms with Crippen LogP contribution in [0.15, 0.2) is 59.1 Å². The summed E-state index contributed by atoms with van der Waals surface area (Å²) in [5, 5.41) is 1.26. The van der Waals surface area contributed by atoms with Gasteiger partial charge >= 0.3 is 5.97 Å². The van der Waals surface area contributed by atoms with Crippen molar-refractivity contribution in [2.24, 2.45) is 0 Å². The van der Waals surface area contributed by atoms with Crippen molar-refractivity contribution in [3.63, 3.8) is 0 Å². The minimum absolute atomic E-state index is 0.167. The zero-order valence-electron chi connectivity index (χ0n) is 29.3. The first-order valence-electron chi connectivity index (χ1n) is 17.3. The number of nitrogens with two attached hydrogens (primary N) is 1. The van der Waals surface area contributed by atoms with E-state index in [-0.39, 0.29) is 18.4 Å². The number of amides is 1. The molecule has 1 heterocycles. The molecule has 0 saturated heterocycles. The summed E-state index contributed by atoms with van der Waals surface area (Å²) in [7, 11) is 1.58. The number of methoxy groups -OCH3 is 1. The van der Waals surface area contributed by atoms with Crippen molar-refractivity contribution in [1.29, 1.82) is 0 Å². The molecule has 2 N–H and O–H groups in total. The topological polar surface area (TPSA) is 107 Å². The van der Waals surface area contributed by atoms with E-state index in [0.29, 0.717) is 80.9 Å². The molecular formula is C39H46BrClN4O5. The first-order chi connectivity index (χ1) is 24.0. The molecule has 0 spiro atoms. The van der Waals surface area contributed by atoms with Crippen LogP contribution in [0.4, 0.5) is 11.4 Å². The van der Waals surface area contributed by atoms with Crippen LogP contribution in [0.2, 0.25) is 5.02 Å². The van der Waals surface area contributed by atoms with Crippen LogP contribution in [-0.4, -0.2) is 60.1 Å². The number of aromatic nitrogens is 1. The van der Waals surface area contributed by atoms with Crippen molar-refractivity contribution in [2.75, 3.05) is 37.4 Å². The fraction of sp³-hybridized carbons (Fsp3) is 0.410. The Hall–Kier alpha value is -3.86. The van der Waals surface area contributed by atoms with Crippen molar-refractivity contribution < 1.29 is 23.9 Å². The molecule has 0 aliphatic heterocycles. The number of esters is 1. The highest BCUT2D eigenvalue weighted by Gasteiger charge is 2.26. The van der Waals surface area contributed by atoms with Gasteiger partial charge in [0.05, 0.1) is 36.2 Å². The van der Waals surface area contributed by atoms with E-state index in [1.54, 1.807) is 53.0 Å². The summed E-state index contributed by atoms with van der Waals surface area (Å²) in [4.78, 5) is 44.2. The molecule has 11 heteroatoms. The summed E-state index contributed by atoms with van der Waals surface area (Å²) in [5.74, 6) is -0.203. The van der Waals surface area contributed by atoms with Gasteiger partial charge in [0, 0.05) is 52.2 Å². The van der Waals surface area contributed by atoms with E-state index in [1.165, 1.54) is 39.0 Å². The molecule has 0 unspecified atom stereocenters. The standard InChI is InChI=1S/C39H46BrClN4O5/c1-5-43(31-11-7-6-8-12-31)24-29-21-28(22-34(40)36(29)42)39(48)50-20-10-9-19-44(26(3)46)37-25(2)45(35-18-17-32(49-4)23-33(35)37)38(47)27-13-15-30(41)16-14-27/h13-18,21-23,31H,5-12,19-20,24,42H2,1-4H3. The number of ether oxygens (including phenoxy) is 2. The van der Waals surface area contributed by atoms with Gasteiger partial charge in [0.1, 0.15) is 5.75 Å². The first-order valence-corrected chi connectivity index (χ1v) is 18.5. The minimum atomic E-state index is -0.414. The van der Waals surface area contributed by atoms with Crippen LogP contribution >= 0.6 is 27.5 Å². The van der Waals surface area contributed by atoms with E-state index in [0.717, 1.165) is 17.5 Å². The van der Waals surface area contributed by atoms with Gasteiger partial charge in [-0.1, -0.05) is 37.8 Å². The number of nitrogens with zero attached hydrogens (tertiary/aromatic N) is 3. The lowest BCUT2D eigenvalue weighted by molar-refractivity contribution is -0.116. The Labute approximate surface area is 307 Å². The van der Waals surface area contributed by atoms with Crippen molar-refractivity contribution in [3.8, 4) is 5.75 Å². The molecule has 9 nitrogen and oxygen atoms in total. The van der Waals surface area contributed by atoms with Crippen LogP contribution in [0.25, 0.3) is 10.9 Å². The lowest BCUT2D eigenvalue weighted by Gasteiger charge is -2.34. The van der Waals surface area contributed by atoms with Gasteiger partial charge < -0.3 is 20.1 Å². The molecule has 4 aromatic rings. The number of halogens is 2. The zero-order valence-corrected chi connectivity index (χ0v) is 31.6. The van der Waals surface area contributed by atoms with Gasteiger partial charge in [0.2, 0.25) is 5.91 Å². The van der Waals surface area contributed by atoms with E-state index in [2.05, 4.69) is 27.8 Å². The number of fused-ring (bicyclic) bond motifs is 1. The average molecular weight is 766 g/mol. The Morgan fingerprint density at radius 1 is 1.00 bits per heavy atom. The second-order valence-corrected chi connectivity index (χ2v) is 14.2. The first kappa shape index (κ1) is 37.4. The summed E-state index contributed by atoms with van der Waals surface area (Å²) < 4.78 is 13.5. The van der Waals surface area contributed by atoms with Crippen LogP contribution in [-0.2, 0) is 16.1 Å². The highest BCUT2D eigenvalue weighted by atomic mass is 79.9. The highest BCUT2D eigenvalue weighted by molar-refractivity contribution is 9.10. The van der Waals surface area contributed by atoms with Crippen LogP contribution in [0.3, 0.4) is 0 Å². The van der Waals surface area contributed by atoms with Gasteiger partial charge in [-0.25, -0.2) is 4.79 Å². The Morgan fingerprint density at radius 2 is 1.72 bits per heavy atom. The molecule has 1 aromatic heterocycles. The SMILES string of the molecule is CCN(Cc1cc(C(=O)OCCCCN(C(C)=O)c2c(C)n(C(=O)c3ccc(Cl)cc3)c3ccc(OC)cc23)cc(Br)c1N)C1CCCCC1. The number of hydrogen-bond acceptors (Lipinski definition) is 7. The van der Waals surface area contributed by atoms with Crippen molar-refractivity contribution >= 4 is 67.6 Å². The normalized spacial score (nSPS) is 13.5. The smallest absolute Gasteiger partial charge is 0.338 e. The molecule has 1 aliphatic rings. The van der Waals surface area contributed by atoms with E-state index >= 15 is 0 Å². The monoisotopic (exact) mass is 764 g/mol. The van der Waals surface area contributed by atoms with Crippen LogP contribution in [0.1, 0.15) is 90.8 Å². The molecule has 1 saturated carbocycles. The van der Waals surface area contributed by atoms with Gasteiger partial charge in [-0.2, -0.15) is 0 Å². The fourth-order valence-corrected chi connectivity index (χ4v) is 7.59. The van der Waals surface area contributed by atoms with Crippen LogP contribution in [0.5, 0.6) is 5.75 Å². The minimum Gasteiger partial charge on any atom is -0.497 e. The Morgan fingerprint density at radius 3 is 2.38 bits per heavy atom. The molecule has 3 aromatic carbocycles. The van der Waals surface area contributed by atoms with Gasteiger partial charge in [-0.15, -0.1) is 0 Å². The molecule has 0 radical (unpaired) electrons. The predicted molar refractivity (Wildman–Crippen MR) is 203 cm³/mol. The van der Waals surface area contributed by atoms with Crippen molar-refractivity contribution in [1.82, 2.24) is 9.47 Å². The fourth-order valence-electron chi connectivity index (χ4n) is 6.97. The quantitative estimate of drug-likeness (QED) is 0.0824. The third-order valence-electron chi connectivity index (χ3n) is 9.65. The largest absolute Gasteiger partial charge is 0.497 e. The number of rotatable bonds is 13. The van der Waals surface area contributed by atoms with Crippen LogP contribution < -0.4 is 15.4 Å². The zero-order chi connectivity index (χ0) is 35.9. The lowest BCUT2D eigenvalue weighted by atomic mass is 9.93. The molecule has 0 bridgehead atoms. The summed E-state index contributed by atoms with van der Waals surface area (Å²) in [6.07, 6.45) is 7.27. The Balaban J connectivity index is 1.27. The molecule has 50 heavy (non-hydrogen) atoms. The molecule has 1 fully saturated rings. The molecular weight excluding hydrogens is 720 g/mol. The van der Waals surface area contributed by atoms with E-state index < -0.39 is 5.97 Å². The number of benzene rings is 3. The van der Waals surface area contributed by atoms with Crippen LogP contribution in [0, 0.1) is 6.92 Å². The molecule has 266 valence electrons. The molecule has 0 atom stereocenters. The summed E-state index contributed by atoms with van der Waals surface area (Å²) in [5.41, 5.74) is 10.9. The summed E-state index contributed by atoms with van der Waals surface area (Å²) in [6, 6.07) is 16.3. The number of carbonyl (C=O) groups excluding carboxylic acids is 3. The highest BCUT2D eigenvalue weighted by Crippen LogP contribution is 2.37. The third kappa shape index (κ3) is 8.36. The van der Waals surface area contributed by atoms with E-state index in [1.807, 2.05) is 25.1 Å². The maximum Gasteiger partial charge on any atom is 0.338 e. The number of anilines is 2. The lowest BCUT2D eigenvalue weighted by Crippen LogP contribution is -2.36. The average Bonchev–Trinajstić information content (AvgIpc) is 3.40. The number of carbonyl (C=O) groups is 3. The predicted octanol–water partition coefficient (Wildman–Crippen LogP) is 8.79. The number of unbranched alkanes of at least 4 members (excludes halogenated alkanes) is 1. The van der Waals surface area contributed by atoms with Crippen molar-refractivity contribution in [3.05, 3.63) is 86.5 Å². The Bertz CT molecular complexity index is 1850. The number of nitrogen functional groups attached to an aromatic ring is 1. The van der Waals surface area contributed by atoms with Gasteiger partial charge in [0.25, 0.3) is 5.91 Å². The number of hydrogen-bond donors (Lipinski definition) is 1. The van der Waals surface area contributed by atoms with Gasteiger partial charge in [-0.3, -0.25) is 19.1 Å². The van der Waals surface area contributed by atoms with E-state index in [4.69, 9.17) is 26.8 Å². The van der Waals surface area contributed by atoms with Gasteiger partial charge in [0.15, 0.2) is 0 Å². The maximum absolute atomic E-state index is 13.8. The van der Waals surface area contributed by atoms with Gasteiger partial charge in [-0.05, 0) is 115 Å². The Kier molecular flexibility index (Phi) is 12.6. The second kappa shape index (κ2) is 16.9. The second-order valence-electron chi connectivity index (χ2n) is 12.9. The molecule has 1 amide bonds. The van der Waals surface area contributed by atoms with Crippen molar-refractivity contribution in [2.45, 2.75) is 78.3 Å². The summed E-state index contributed by atoms with van der Waals surface area (Å²) in [6.45, 7) is 7.66. The molecule has 1 aliphatic carbocycles. The van der Waals surface area contributed by atoms with E-state index in [9.17, 15) is 14.4 Å². The third-order valence-corrected chi connectivity index (χ3v) is 10.6. The maximum atomic E-state index is 13.8. The molecule has 5 rings (SSSR count). The summed E-state index contributed by atoms with van der Waals surface area (Å²) >= 11 is 9.63.